The highest BCUT2D eigenvalue weighted by molar-refractivity contribution is 7.92. The number of halogens is 6. The normalized spacial score (nSPS) is 13.4. The van der Waals surface area contributed by atoms with Gasteiger partial charge in [0.15, 0.2) is 0 Å². The van der Waals surface area contributed by atoms with Crippen molar-refractivity contribution in [2.75, 3.05) is 0 Å². The number of rotatable bonds is 5. The van der Waals surface area contributed by atoms with Crippen LogP contribution in [-0.2, 0) is 16.0 Å². The molecule has 1 N–H and O–H groups in total. The number of pyridine rings is 1. The molecule has 0 spiro atoms. The lowest BCUT2D eigenvalue weighted by Gasteiger charge is -2.17. The second-order valence-corrected chi connectivity index (χ2v) is 8.83. The van der Waals surface area contributed by atoms with Gasteiger partial charge in [0.05, 0.1) is 27.9 Å². The van der Waals surface area contributed by atoms with E-state index >= 15 is 0 Å². The van der Waals surface area contributed by atoms with Gasteiger partial charge in [0, 0.05) is 24.2 Å². The monoisotopic (exact) mass is 504 g/mol. The molecule has 34 heavy (non-hydrogen) atoms. The van der Waals surface area contributed by atoms with Crippen LogP contribution in [0, 0.1) is 0 Å². The van der Waals surface area contributed by atoms with Gasteiger partial charge in [0.1, 0.15) is 5.69 Å². The van der Waals surface area contributed by atoms with Crippen molar-refractivity contribution in [3.05, 3.63) is 71.8 Å². The largest absolute Gasteiger partial charge is 0.501 e. The Morgan fingerprint density at radius 1 is 0.941 bits per heavy atom. The maximum absolute atomic E-state index is 13.2. The second-order valence-electron chi connectivity index (χ2n) is 6.89. The van der Waals surface area contributed by atoms with Crippen LogP contribution in [0.1, 0.15) is 34.6 Å². The van der Waals surface area contributed by atoms with Gasteiger partial charge in [0.25, 0.3) is 15.7 Å². The number of hydrogen-bond acceptors (Lipinski definition) is 6. The summed E-state index contributed by atoms with van der Waals surface area (Å²) in [5.41, 5.74) is -7.73. The first-order valence-electron chi connectivity index (χ1n) is 9.28. The minimum Gasteiger partial charge on any atom is -0.344 e. The number of carbonyl (C=O) groups excluding carboxylic acids is 1. The van der Waals surface area contributed by atoms with E-state index in [-0.39, 0.29) is 29.6 Å². The Kier molecular flexibility index (Phi) is 6.64. The fourth-order valence-electron chi connectivity index (χ4n) is 2.90. The van der Waals surface area contributed by atoms with Crippen molar-refractivity contribution in [2.24, 2.45) is 0 Å². The van der Waals surface area contributed by atoms with Crippen molar-refractivity contribution in [3.63, 3.8) is 0 Å². The first-order valence-corrected chi connectivity index (χ1v) is 10.8. The highest BCUT2D eigenvalue weighted by Gasteiger charge is 2.48. The standard InChI is InChI=1S/C20H14F6N4O3S/c1-11(16-17(29-7-6-28-16)15-4-2-3-5-27-15)30-18(31)12-8-13(19(21,22)23)10-14(9-12)34(32,33)20(24,25)26/h2-11H,1H3,(H,30,31). The average Bonchev–Trinajstić information content (AvgIpc) is 2.78. The number of amides is 1. The molecule has 14 heteroatoms. The summed E-state index contributed by atoms with van der Waals surface area (Å²) < 4.78 is 102. The summed E-state index contributed by atoms with van der Waals surface area (Å²) >= 11 is 0. The number of alkyl halides is 6. The molecule has 2 heterocycles. The molecule has 0 saturated heterocycles. The predicted molar refractivity (Wildman–Crippen MR) is 106 cm³/mol. The lowest BCUT2D eigenvalue weighted by molar-refractivity contribution is -0.137. The lowest BCUT2D eigenvalue weighted by atomic mass is 10.1. The third kappa shape index (κ3) is 5.16. The van der Waals surface area contributed by atoms with Crippen molar-refractivity contribution in [3.8, 4) is 11.4 Å². The summed E-state index contributed by atoms with van der Waals surface area (Å²) in [6.45, 7) is 1.41. The first-order chi connectivity index (χ1) is 15.7. The Morgan fingerprint density at radius 2 is 1.62 bits per heavy atom. The van der Waals surface area contributed by atoms with E-state index in [1.807, 2.05) is 0 Å². The zero-order valence-electron chi connectivity index (χ0n) is 17.0. The van der Waals surface area contributed by atoms with Crippen molar-refractivity contribution in [1.82, 2.24) is 20.3 Å². The third-order valence-corrected chi connectivity index (χ3v) is 5.97. The number of aromatic nitrogens is 3. The molecule has 0 saturated carbocycles. The summed E-state index contributed by atoms with van der Waals surface area (Å²) in [7, 11) is -6.15. The fourth-order valence-corrected chi connectivity index (χ4v) is 3.73. The Hall–Kier alpha value is -3.55. The van der Waals surface area contributed by atoms with Gasteiger partial charge in [-0.15, -0.1) is 0 Å². The van der Waals surface area contributed by atoms with Crippen LogP contribution in [0.4, 0.5) is 26.3 Å². The van der Waals surface area contributed by atoms with Crippen molar-refractivity contribution in [2.45, 2.75) is 29.5 Å². The molecule has 0 aliphatic heterocycles. The number of hydrogen-bond donors (Lipinski definition) is 1. The zero-order chi connectivity index (χ0) is 25.3. The van der Waals surface area contributed by atoms with Gasteiger partial charge in [0.2, 0.25) is 0 Å². The van der Waals surface area contributed by atoms with Gasteiger partial charge in [-0.1, -0.05) is 6.07 Å². The summed E-state index contributed by atoms with van der Waals surface area (Å²) in [5.74, 6) is -1.25. The Balaban J connectivity index is 2.01. The number of benzene rings is 1. The Bertz CT molecular complexity index is 1310. The van der Waals surface area contributed by atoms with Crippen LogP contribution in [0.3, 0.4) is 0 Å². The smallest absolute Gasteiger partial charge is 0.344 e. The minimum atomic E-state index is -6.15. The maximum Gasteiger partial charge on any atom is 0.501 e. The molecule has 2 aromatic heterocycles. The average molecular weight is 504 g/mol. The van der Waals surface area contributed by atoms with Gasteiger partial charge in [-0.2, -0.15) is 26.3 Å². The van der Waals surface area contributed by atoms with Crippen LogP contribution in [0.5, 0.6) is 0 Å². The zero-order valence-corrected chi connectivity index (χ0v) is 17.8. The van der Waals surface area contributed by atoms with E-state index in [4.69, 9.17) is 0 Å². The number of nitrogens with one attached hydrogen (secondary N) is 1. The molecule has 0 bridgehead atoms. The van der Waals surface area contributed by atoms with Crippen molar-refractivity contribution in [1.29, 1.82) is 0 Å². The molecule has 1 atom stereocenters. The first kappa shape index (κ1) is 25.1. The van der Waals surface area contributed by atoms with E-state index in [1.54, 1.807) is 18.2 Å². The number of sulfone groups is 1. The van der Waals surface area contributed by atoms with E-state index in [1.165, 1.54) is 25.5 Å². The summed E-state index contributed by atoms with van der Waals surface area (Å²) in [5, 5.41) is 2.31. The molecule has 1 amide bonds. The van der Waals surface area contributed by atoms with E-state index in [2.05, 4.69) is 20.3 Å². The lowest BCUT2D eigenvalue weighted by Crippen LogP contribution is -2.29. The van der Waals surface area contributed by atoms with E-state index < -0.39 is 49.5 Å². The van der Waals surface area contributed by atoms with Gasteiger partial charge >= 0.3 is 11.7 Å². The van der Waals surface area contributed by atoms with Crippen LogP contribution in [0.15, 0.2) is 59.9 Å². The Labute approximate surface area is 188 Å². The predicted octanol–water partition coefficient (Wildman–Crippen LogP) is 4.34. The molecule has 3 rings (SSSR count). The minimum absolute atomic E-state index is 0.171. The van der Waals surface area contributed by atoms with Gasteiger partial charge in [-0.05, 0) is 37.3 Å². The van der Waals surface area contributed by atoms with Gasteiger partial charge in [-0.25, -0.2) is 8.42 Å². The highest BCUT2D eigenvalue weighted by atomic mass is 32.2. The van der Waals surface area contributed by atoms with Crippen LogP contribution in [0.25, 0.3) is 11.4 Å². The molecule has 180 valence electrons. The quantitative estimate of drug-likeness (QED) is 0.519. The summed E-state index contributed by atoms with van der Waals surface area (Å²) in [6.07, 6.45) is -1.09. The summed E-state index contributed by atoms with van der Waals surface area (Å²) in [6, 6.07) is 4.23. The third-order valence-electron chi connectivity index (χ3n) is 4.50. The van der Waals surface area contributed by atoms with E-state index in [0.29, 0.717) is 5.69 Å². The van der Waals surface area contributed by atoms with Crippen LogP contribution in [-0.4, -0.2) is 34.8 Å². The molecule has 0 aliphatic carbocycles. The molecule has 0 aliphatic rings. The van der Waals surface area contributed by atoms with Crippen molar-refractivity contribution < 1.29 is 39.6 Å². The molecule has 3 aromatic rings. The molecule has 0 radical (unpaired) electrons. The van der Waals surface area contributed by atoms with Crippen molar-refractivity contribution >= 4 is 15.7 Å². The van der Waals surface area contributed by atoms with Crippen LogP contribution < -0.4 is 5.32 Å². The molecule has 7 nitrogen and oxygen atoms in total. The Morgan fingerprint density at radius 3 is 2.21 bits per heavy atom. The SMILES string of the molecule is CC(NC(=O)c1cc(C(F)(F)F)cc(S(=O)(=O)C(F)(F)F)c1)c1nccnc1-c1ccccn1. The topological polar surface area (TPSA) is 102 Å². The van der Waals surface area contributed by atoms with Gasteiger partial charge in [-0.3, -0.25) is 19.7 Å². The molecule has 1 aromatic carbocycles. The molecular weight excluding hydrogens is 490 g/mol. The second kappa shape index (κ2) is 9.00. The molecular formula is C20H14F6N4O3S. The highest BCUT2D eigenvalue weighted by Crippen LogP contribution is 2.36. The summed E-state index contributed by atoms with van der Waals surface area (Å²) in [4.78, 5) is 23.3. The molecule has 1 unspecified atom stereocenters. The van der Waals surface area contributed by atoms with Crippen LogP contribution >= 0.6 is 0 Å². The van der Waals surface area contributed by atoms with Gasteiger partial charge < -0.3 is 5.32 Å². The molecule has 0 fully saturated rings. The number of nitrogens with zero attached hydrogens (tertiary/aromatic N) is 3. The maximum atomic E-state index is 13.2. The number of carbonyl (C=O) groups is 1. The van der Waals surface area contributed by atoms with E-state index in [9.17, 15) is 39.6 Å². The van der Waals surface area contributed by atoms with Crippen LogP contribution in [0.2, 0.25) is 0 Å². The fraction of sp³-hybridized carbons (Fsp3) is 0.200. The van der Waals surface area contributed by atoms with E-state index in [0.717, 1.165) is 0 Å².